The summed E-state index contributed by atoms with van der Waals surface area (Å²) in [6, 6.07) is 54.0. The smallest absolute Gasteiger partial charge is 0.136 e. The topological polar surface area (TPSA) is 16.4 Å². The Kier molecular flexibility index (Phi) is 8.25. The van der Waals surface area contributed by atoms with Gasteiger partial charge in [0.1, 0.15) is 11.2 Å². The minimum atomic E-state index is 0.0764. The quantitative estimate of drug-likeness (QED) is 0.170. The van der Waals surface area contributed by atoms with Crippen molar-refractivity contribution in [2.45, 2.75) is 75.5 Å². The molecule has 2 nitrogen and oxygen atoms in total. The van der Waals surface area contributed by atoms with Crippen molar-refractivity contribution in [3.8, 4) is 11.1 Å². The summed E-state index contributed by atoms with van der Waals surface area (Å²) in [5, 5.41) is 2.31. The van der Waals surface area contributed by atoms with Crippen molar-refractivity contribution in [3.63, 3.8) is 0 Å². The summed E-state index contributed by atoms with van der Waals surface area (Å²) in [7, 11) is 0. The Hall–Kier alpha value is -5.08. The maximum atomic E-state index is 6.46. The highest BCUT2D eigenvalue weighted by molar-refractivity contribution is 6.13. The first kappa shape index (κ1) is 30.9. The highest BCUT2D eigenvalue weighted by Crippen LogP contribution is 2.47. The van der Waals surface area contributed by atoms with E-state index in [4.69, 9.17) is 4.42 Å². The molecule has 0 N–H and O–H groups in total. The SMILES string of the molecule is c1ccc(-c2cccc3oc4ccc(N(c5ccc(C6CCCCC6)cc5)c5ccc(C6(c7ccccc7)CCCCC6)cc5)cc4c23)cc1. The molecule has 0 atom stereocenters. The number of rotatable bonds is 7. The van der Waals surface area contributed by atoms with Gasteiger partial charge >= 0.3 is 0 Å². The van der Waals surface area contributed by atoms with E-state index in [2.05, 4.69) is 150 Å². The summed E-state index contributed by atoms with van der Waals surface area (Å²) in [5.74, 6) is 0.681. The zero-order valence-corrected chi connectivity index (χ0v) is 28.9. The fourth-order valence-corrected chi connectivity index (χ4v) is 9.18. The van der Waals surface area contributed by atoms with Crippen LogP contribution in [-0.4, -0.2) is 0 Å². The third-order valence-corrected chi connectivity index (χ3v) is 11.8. The van der Waals surface area contributed by atoms with Gasteiger partial charge in [0.25, 0.3) is 0 Å². The number of benzene rings is 6. The highest BCUT2D eigenvalue weighted by Gasteiger charge is 2.35. The minimum Gasteiger partial charge on any atom is -0.456 e. The third kappa shape index (κ3) is 5.61. The van der Waals surface area contributed by atoms with Crippen molar-refractivity contribution in [3.05, 3.63) is 162 Å². The number of hydrogen-bond donors (Lipinski definition) is 0. The van der Waals surface area contributed by atoms with E-state index in [0.29, 0.717) is 5.92 Å². The molecule has 50 heavy (non-hydrogen) atoms. The number of furan rings is 1. The largest absolute Gasteiger partial charge is 0.456 e. The van der Waals surface area contributed by atoms with Gasteiger partial charge in [0.15, 0.2) is 0 Å². The second-order valence-corrected chi connectivity index (χ2v) is 14.6. The molecule has 0 saturated heterocycles. The second-order valence-electron chi connectivity index (χ2n) is 14.6. The van der Waals surface area contributed by atoms with Crippen molar-refractivity contribution in [1.29, 1.82) is 0 Å². The maximum Gasteiger partial charge on any atom is 0.136 e. The van der Waals surface area contributed by atoms with Crippen LogP contribution in [0.4, 0.5) is 17.1 Å². The van der Waals surface area contributed by atoms with Crippen molar-refractivity contribution in [2.75, 3.05) is 4.90 Å². The molecular weight excluding hydrogens is 607 g/mol. The molecule has 9 rings (SSSR count). The molecule has 0 spiro atoms. The van der Waals surface area contributed by atoms with Crippen LogP contribution in [0.3, 0.4) is 0 Å². The Morgan fingerprint density at radius 1 is 0.500 bits per heavy atom. The Balaban J connectivity index is 1.17. The molecule has 2 saturated carbocycles. The Bertz CT molecular complexity index is 2200. The van der Waals surface area contributed by atoms with Crippen LogP contribution in [0.5, 0.6) is 0 Å². The Morgan fingerprint density at radius 3 is 1.84 bits per heavy atom. The standard InChI is InChI=1S/C48H45NO/c1-5-14-35(15-6-1)36-22-26-40(27-23-36)49(41-28-24-39(25-29-41)48(32-11-4-12-33-48)38-18-9-3-10-19-38)42-30-31-45-44(34-42)47-43(20-13-21-46(47)50-45)37-16-7-2-8-17-37/h2-3,7-10,13,16-31,34-35H,1,4-6,11-12,14-15,32-33H2. The van der Waals surface area contributed by atoms with Gasteiger partial charge in [-0.2, -0.15) is 0 Å². The van der Waals surface area contributed by atoms with Crippen LogP contribution in [0.1, 0.15) is 86.8 Å². The molecule has 2 aliphatic carbocycles. The predicted octanol–water partition coefficient (Wildman–Crippen LogP) is 14.0. The summed E-state index contributed by atoms with van der Waals surface area (Å²) in [4.78, 5) is 2.44. The summed E-state index contributed by atoms with van der Waals surface area (Å²) in [6.07, 6.45) is 13.0. The van der Waals surface area contributed by atoms with E-state index in [9.17, 15) is 0 Å². The average Bonchev–Trinajstić information content (AvgIpc) is 3.58. The van der Waals surface area contributed by atoms with E-state index >= 15 is 0 Å². The molecule has 2 fully saturated rings. The second kappa shape index (κ2) is 13.3. The molecule has 1 heterocycles. The molecule has 0 bridgehead atoms. The summed E-state index contributed by atoms with van der Waals surface area (Å²) < 4.78 is 6.46. The molecular formula is C48H45NO. The van der Waals surface area contributed by atoms with Crippen LogP contribution in [0.2, 0.25) is 0 Å². The van der Waals surface area contributed by atoms with E-state index in [1.54, 1.807) is 0 Å². The lowest BCUT2D eigenvalue weighted by Gasteiger charge is -2.39. The van der Waals surface area contributed by atoms with Crippen molar-refractivity contribution in [2.24, 2.45) is 0 Å². The van der Waals surface area contributed by atoms with Crippen LogP contribution < -0.4 is 4.90 Å². The summed E-state index contributed by atoms with van der Waals surface area (Å²) in [5.41, 5.74) is 12.2. The monoisotopic (exact) mass is 651 g/mol. The van der Waals surface area contributed by atoms with E-state index in [1.165, 1.54) is 109 Å². The molecule has 0 amide bonds. The molecule has 1 aromatic heterocycles. The molecule has 0 radical (unpaired) electrons. The first-order valence-electron chi connectivity index (χ1n) is 18.8. The van der Waals surface area contributed by atoms with Gasteiger partial charge in [0.2, 0.25) is 0 Å². The van der Waals surface area contributed by atoms with Crippen molar-refractivity contribution in [1.82, 2.24) is 0 Å². The van der Waals surface area contributed by atoms with Gasteiger partial charge in [-0.15, -0.1) is 0 Å². The van der Waals surface area contributed by atoms with Gasteiger partial charge in [0.05, 0.1) is 0 Å². The predicted molar refractivity (Wildman–Crippen MR) is 210 cm³/mol. The van der Waals surface area contributed by atoms with E-state index in [0.717, 1.165) is 22.2 Å². The maximum absolute atomic E-state index is 6.46. The van der Waals surface area contributed by atoms with Crippen molar-refractivity contribution >= 4 is 39.0 Å². The Morgan fingerprint density at radius 2 is 1.12 bits per heavy atom. The molecule has 7 aromatic rings. The van der Waals surface area contributed by atoms with Gasteiger partial charge in [-0.05, 0) is 108 Å². The highest BCUT2D eigenvalue weighted by atomic mass is 16.3. The molecule has 2 aliphatic rings. The summed E-state index contributed by atoms with van der Waals surface area (Å²) >= 11 is 0. The van der Waals surface area contributed by atoms with Crippen molar-refractivity contribution < 1.29 is 4.42 Å². The number of nitrogens with zero attached hydrogens (tertiary/aromatic N) is 1. The van der Waals surface area contributed by atoms with Crippen LogP contribution in [0, 0.1) is 0 Å². The fourth-order valence-electron chi connectivity index (χ4n) is 9.18. The van der Waals surface area contributed by atoms with Crippen LogP contribution in [-0.2, 0) is 5.41 Å². The molecule has 6 aromatic carbocycles. The van der Waals surface area contributed by atoms with Gasteiger partial charge in [-0.25, -0.2) is 0 Å². The van der Waals surface area contributed by atoms with Gasteiger partial charge in [-0.3, -0.25) is 0 Å². The third-order valence-electron chi connectivity index (χ3n) is 11.8. The molecule has 2 heteroatoms. The lowest BCUT2D eigenvalue weighted by Crippen LogP contribution is -2.30. The van der Waals surface area contributed by atoms with Gasteiger partial charge in [0, 0.05) is 33.2 Å². The molecule has 0 aliphatic heterocycles. The number of hydrogen-bond acceptors (Lipinski definition) is 2. The zero-order valence-electron chi connectivity index (χ0n) is 28.9. The van der Waals surface area contributed by atoms with Crippen LogP contribution in [0.15, 0.2) is 150 Å². The number of anilines is 3. The Labute approximate surface area is 296 Å². The fraction of sp³-hybridized carbons (Fsp3) is 0.250. The first-order chi connectivity index (χ1) is 24.8. The molecule has 248 valence electrons. The van der Waals surface area contributed by atoms with Crippen LogP contribution >= 0.6 is 0 Å². The zero-order chi connectivity index (χ0) is 33.3. The number of fused-ring (bicyclic) bond motifs is 3. The van der Waals surface area contributed by atoms with Gasteiger partial charge in [-0.1, -0.05) is 136 Å². The summed E-state index contributed by atoms with van der Waals surface area (Å²) in [6.45, 7) is 0. The lowest BCUT2D eigenvalue weighted by molar-refractivity contribution is 0.346. The minimum absolute atomic E-state index is 0.0764. The van der Waals surface area contributed by atoms with E-state index < -0.39 is 0 Å². The van der Waals surface area contributed by atoms with Crippen LogP contribution in [0.25, 0.3) is 33.1 Å². The molecule has 0 unspecified atom stereocenters. The van der Waals surface area contributed by atoms with E-state index in [1.807, 2.05) is 0 Å². The first-order valence-corrected chi connectivity index (χ1v) is 18.8. The van der Waals surface area contributed by atoms with E-state index in [-0.39, 0.29) is 5.41 Å². The normalized spacial score (nSPS) is 16.5. The average molecular weight is 652 g/mol. The van der Waals surface area contributed by atoms with Gasteiger partial charge < -0.3 is 9.32 Å². The lowest BCUT2D eigenvalue weighted by atomic mass is 9.65.